The van der Waals surface area contributed by atoms with Gasteiger partial charge < -0.3 is 4.74 Å². The van der Waals surface area contributed by atoms with Gasteiger partial charge in [-0.3, -0.25) is 0 Å². The topological polar surface area (TPSA) is 26.3 Å². The van der Waals surface area contributed by atoms with Crippen LogP contribution in [0.3, 0.4) is 0 Å². The zero-order chi connectivity index (χ0) is 9.78. The molecule has 0 rings (SSSR count). The largest absolute Gasteiger partial charge is 0.490 e. The van der Waals surface area contributed by atoms with Gasteiger partial charge in [0, 0.05) is 0 Å². The van der Waals surface area contributed by atoms with Gasteiger partial charge in [-0.1, -0.05) is 5.57 Å². The fourth-order valence-electron chi connectivity index (χ4n) is 0.366. The van der Waals surface area contributed by atoms with Crippen LogP contribution < -0.4 is 0 Å². The molecule has 0 bridgehead atoms. The Morgan fingerprint density at radius 2 is 1.92 bits per heavy atom. The van der Waals surface area contributed by atoms with Gasteiger partial charge in [0.05, 0.1) is 0 Å². The molecule has 0 N–H and O–H groups in total. The molecule has 0 aromatic rings. The molecular weight excluding hydrogens is 173 g/mol. The van der Waals surface area contributed by atoms with Crippen molar-refractivity contribution in [2.75, 3.05) is 6.61 Å². The minimum atomic E-state index is -4.89. The van der Waals surface area contributed by atoms with Crippen molar-refractivity contribution in [2.45, 2.75) is 20.0 Å². The fourth-order valence-corrected chi connectivity index (χ4v) is 0.366. The number of hydrogen-bond donors (Lipinski definition) is 0. The molecule has 70 valence electrons. The number of allylic oxidation sites excluding steroid dienone is 1. The highest BCUT2D eigenvalue weighted by Crippen LogP contribution is 2.16. The molecule has 0 radical (unpaired) electrons. The monoisotopic (exact) mass is 182 g/mol. The van der Waals surface area contributed by atoms with Crippen molar-refractivity contribution in [3.8, 4) is 0 Å². The van der Waals surface area contributed by atoms with Crippen LogP contribution >= 0.6 is 0 Å². The average Bonchev–Trinajstić information content (AvgIpc) is 1.84. The highest BCUT2D eigenvalue weighted by Gasteiger charge is 2.40. The number of hydrogen-bond acceptors (Lipinski definition) is 2. The van der Waals surface area contributed by atoms with Gasteiger partial charge in [-0.25, -0.2) is 4.79 Å². The molecular formula is C7H9F3O2. The first-order valence-corrected chi connectivity index (χ1v) is 3.21. The summed E-state index contributed by atoms with van der Waals surface area (Å²) in [7, 11) is 0. The minimum Gasteiger partial charge on any atom is -0.455 e. The molecule has 0 aromatic carbocycles. The lowest BCUT2D eigenvalue weighted by atomic mass is 10.3. The first-order chi connectivity index (χ1) is 5.34. The third-order valence-corrected chi connectivity index (χ3v) is 0.937. The second-order valence-corrected chi connectivity index (χ2v) is 2.38. The molecule has 0 aliphatic heterocycles. The molecule has 12 heavy (non-hydrogen) atoms. The van der Waals surface area contributed by atoms with E-state index in [-0.39, 0.29) is 6.61 Å². The SMILES string of the molecule is CC(C)=CCOC(=O)C(F)(F)F. The summed E-state index contributed by atoms with van der Waals surface area (Å²) >= 11 is 0. The van der Waals surface area contributed by atoms with E-state index in [1.165, 1.54) is 6.08 Å². The van der Waals surface area contributed by atoms with Crippen molar-refractivity contribution in [3.63, 3.8) is 0 Å². The lowest BCUT2D eigenvalue weighted by Crippen LogP contribution is -2.25. The molecule has 0 atom stereocenters. The number of halogens is 3. The molecule has 0 aromatic heterocycles. The van der Waals surface area contributed by atoms with Crippen molar-refractivity contribution in [1.82, 2.24) is 0 Å². The minimum absolute atomic E-state index is 0.333. The van der Waals surface area contributed by atoms with E-state index in [2.05, 4.69) is 4.74 Å². The number of ether oxygens (including phenoxy) is 1. The van der Waals surface area contributed by atoms with Crippen LogP contribution in [0.4, 0.5) is 13.2 Å². The normalized spacial score (nSPS) is 10.8. The van der Waals surface area contributed by atoms with Crippen LogP contribution in [-0.2, 0) is 9.53 Å². The Bertz CT molecular complexity index is 189. The molecule has 0 saturated heterocycles. The van der Waals surface area contributed by atoms with E-state index in [0.29, 0.717) is 0 Å². The third-order valence-electron chi connectivity index (χ3n) is 0.937. The Balaban J connectivity index is 3.82. The van der Waals surface area contributed by atoms with E-state index in [1.807, 2.05) is 0 Å². The van der Waals surface area contributed by atoms with E-state index in [4.69, 9.17) is 0 Å². The van der Waals surface area contributed by atoms with E-state index < -0.39 is 12.1 Å². The Morgan fingerprint density at radius 3 is 2.25 bits per heavy atom. The van der Waals surface area contributed by atoms with Crippen LogP contribution in [0, 0.1) is 0 Å². The molecule has 5 heteroatoms. The van der Waals surface area contributed by atoms with Crippen molar-refractivity contribution in [3.05, 3.63) is 11.6 Å². The summed E-state index contributed by atoms with van der Waals surface area (Å²) in [6.07, 6.45) is -3.50. The maximum Gasteiger partial charge on any atom is 0.490 e. The Morgan fingerprint density at radius 1 is 1.42 bits per heavy atom. The second-order valence-electron chi connectivity index (χ2n) is 2.38. The van der Waals surface area contributed by atoms with Crippen LogP contribution in [0.2, 0.25) is 0 Å². The average molecular weight is 182 g/mol. The van der Waals surface area contributed by atoms with Crippen LogP contribution in [-0.4, -0.2) is 18.8 Å². The molecule has 0 saturated carbocycles. The first-order valence-electron chi connectivity index (χ1n) is 3.21. The fraction of sp³-hybridized carbons (Fsp3) is 0.571. The van der Waals surface area contributed by atoms with E-state index in [9.17, 15) is 18.0 Å². The lowest BCUT2D eigenvalue weighted by Gasteiger charge is -2.04. The van der Waals surface area contributed by atoms with Crippen LogP contribution in [0.5, 0.6) is 0 Å². The van der Waals surface area contributed by atoms with Gasteiger partial charge in [0.1, 0.15) is 6.61 Å². The van der Waals surface area contributed by atoms with Crippen LogP contribution in [0.15, 0.2) is 11.6 Å². The molecule has 0 unspecified atom stereocenters. The van der Waals surface area contributed by atoms with Crippen LogP contribution in [0.1, 0.15) is 13.8 Å². The number of carbonyl (C=O) groups is 1. The summed E-state index contributed by atoms with van der Waals surface area (Å²) in [5.74, 6) is -2.15. The van der Waals surface area contributed by atoms with E-state index in [0.717, 1.165) is 5.57 Å². The number of esters is 1. The summed E-state index contributed by atoms with van der Waals surface area (Å²) in [4.78, 5) is 10.1. The van der Waals surface area contributed by atoms with Gasteiger partial charge in [0.25, 0.3) is 0 Å². The molecule has 0 heterocycles. The van der Waals surface area contributed by atoms with E-state index in [1.54, 1.807) is 13.8 Å². The van der Waals surface area contributed by atoms with Crippen molar-refractivity contribution in [2.24, 2.45) is 0 Å². The Kier molecular flexibility index (Phi) is 3.79. The quantitative estimate of drug-likeness (QED) is 0.482. The van der Waals surface area contributed by atoms with Gasteiger partial charge in [-0.05, 0) is 19.9 Å². The van der Waals surface area contributed by atoms with Crippen molar-refractivity contribution < 1.29 is 22.7 Å². The maximum atomic E-state index is 11.5. The smallest absolute Gasteiger partial charge is 0.455 e. The zero-order valence-electron chi connectivity index (χ0n) is 6.73. The highest BCUT2D eigenvalue weighted by atomic mass is 19.4. The first kappa shape index (κ1) is 11.0. The van der Waals surface area contributed by atoms with Crippen molar-refractivity contribution in [1.29, 1.82) is 0 Å². The molecule has 0 aliphatic carbocycles. The maximum absolute atomic E-state index is 11.5. The molecule has 0 spiro atoms. The summed E-state index contributed by atoms with van der Waals surface area (Å²) in [5, 5.41) is 0. The van der Waals surface area contributed by atoms with Crippen LogP contribution in [0.25, 0.3) is 0 Å². The van der Waals surface area contributed by atoms with Gasteiger partial charge in [-0.15, -0.1) is 0 Å². The predicted molar refractivity (Wildman–Crippen MR) is 36.4 cm³/mol. The third kappa shape index (κ3) is 4.76. The molecule has 0 fully saturated rings. The van der Waals surface area contributed by atoms with Gasteiger partial charge in [-0.2, -0.15) is 13.2 Å². The Hall–Kier alpha value is -1.00. The standard InChI is InChI=1S/C7H9F3O2/c1-5(2)3-4-12-6(11)7(8,9)10/h3H,4H2,1-2H3. The predicted octanol–water partition coefficient (Wildman–Crippen LogP) is 2.06. The summed E-state index contributed by atoms with van der Waals surface area (Å²) in [5.41, 5.74) is 0.796. The van der Waals surface area contributed by atoms with Gasteiger partial charge in [0.2, 0.25) is 0 Å². The highest BCUT2D eigenvalue weighted by molar-refractivity contribution is 5.75. The number of carbonyl (C=O) groups excluding carboxylic acids is 1. The Labute approximate surface area is 68.0 Å². The summed E-state index contributed by atoms with van der Waals surface area (Å²) in [6.45, 7) is 3.06. The summed E-state index contributed by atoms with van der Waals surface area (Å²) < 4.78 is 38.3. The molecule has 0 aliphatic rings. The van der Waals surface area contributed by atoms with Crippen molar-refractivity contribution >= 4 is 5.97 Å². The number of rotatable bonds is 2. The lowest BCUT2D eigenvalue weighted by molar-refractivity contribution is -0.198. The molecule has 2 nitrogen and oxygen atoms in total. The van der Waals surface area contributed by atoms with E-state index >= 15 is 0 Å². The number of alkyl halides is 3. The van der Waals surface area contributed by atoms with Gasteiger partial charge in [0.15, 0.2) is 0 Å². The summed E-state index contributed by atoms with van der Waals surface area (Å²) in [6, 6.07) is 0. The second kappa shape index (κ2) is 4.13. The van der Waals surface area contributed by atoms with Gasteiger partial charge >= 0.3 is 12.1 Å². The zero-order valence-corrected chi connectivity index (χ0v) is 6.73. The molecule has 0 amide bonds.